The lowest BCUT2D eigenvalue weighted by Gasteiger charge is -2.14. The van der Waals surface area contributed by atoms with Gasteiger partial charge in [-0.2, -0.15) is 0 Å². The summed E-state index contributed by atoms with van der Waals surface area (Å²) in [6.45, 7) is 3.76. The van der Waals surface area contributed by atoms with Crippen LogP contribution in [-0.4, -0.2) is 42.2 Å². The van der Waals surface area contributed by atoms with E-state index in [1.807, 2.05) is 25.1 Å². The largest absolute Gasteiger partial charge is 0.497 e. The Balaban J connectivity index is 2.50. The molecule has 2 aromatic rings. The van der Waals surface area contributed by atoms with E-state index < -0.39 is 0 Å². The standard InChI is InChI=1S/C14H20ClN3O/c1-10(15)14-16-12-6-5-11(19-4)9-13(12)18(14)8-7-17(2)3/h5-6,9-10H,7-8H2,1-4H3. The highest BCUT2D eigenvalue weighted by Gasteiger charge is 2.15. The molecule has 1 heterocycles. The van der Waals surface area contributed by atoms with Gasteiger partial charge in [0.2, 0.25) is 0 Å². The van der Waals surface area contributed by atoms with Crippen LogP contribution in [0, 0.1) is 0 Å². The first-order chi connectivity index (χ1) is 9.02. The third kappa shape index (κ3) is 3.01. The van der Waals surface area contributed by atoms with E-state index in [-0.39, 0.29) is 5.38 Å². The van der Waals surface area contributed by atoms with Gasteiger partial charge in [0, 0.05) is 19.2 Å². The molecule has 0 saturated heterocycles. The Morgan fingerprint density at radius 1 is 1.42 bits per heavy atom. The van der Waals surface area contributed by atoms with Crippen molar-refractivity contribution >= 4 is 22.6 Å². The maximum Gasteiger partial charge on any atom is 0.127 e. The Kier molecular flexibility index (Phi) is 4.32. The number of halogens is 1. The number of likely N-dealkylation sites (N-methyl/N-ethyl adjacent to an activating group) is 1. The van der Waals surface area contributed by atoms with Crippen molar-refractivity contribution < 1.29 is 4.74 Å². The van der Waals surface area contributed by atoms with Crippen LogP contribution < -0.4 is 4.74 Å². The van der Waals surface area contributed by atoms with Gasteiger partial charge in [-0.1, -0.05) is 0 Å². The van der Waals surface area contributed by atoms with Crippen LogP contribution in [0.25, 0.3) is 11.0 Å². The van der Waals surface area contributed by atoms with Gasteiger partial charge in [-0.15, -0.1) is 11.6 Å². The second kappa shape index (κ2) is 5.80. The highest BCUT2D eigenvalue weighted by Crippen LogP contribution is 2.27. The molecule has 0 amide bonds. The van der Waals surface area contributed by atoms with Crippen molar-refractivity contribution in [3.63, 3.8) is 0 Å². The predicted octanol–water partition coefficient (Wildman–Crippen LogP) is 2.91. The molecule has 5 heteroatoms. The first-order valence-corrected chi connectivity index (χ1v) is 6.79. The minimum atomic E-state index is -0.111. The fourth-order valence-corrected chi connectivity index (χ4v) is 2.25. The van der Waals surface area contributed by atoms with Crippen molar-refractivity contribution in [2.75, 3.05) is 27.7 Å². The molecule has 0 saturated carbocycles. The number of methoxy groups -OCH3 is 1. The van der Waals surface area contributed by atoms with Gasteiger partial charge in [0.1, 0.15) is 11.6 Å². The fourth-order valence-electron chi connectivity index (χ4n) is 2.09. The van der Waals surface area contributed by atoms with Crippen molar-refractivity contribution in [1.29, 1.82) is 0 Å². The van der Waals surface area contributed by atoms with E-state index in [0.29, 0.717) is 0 Å². The topological polar surface area (TPSA) is 30.3 Å². The van der Waals surface area contributed by atoms with Gasteiger partial charge < -0.3 is 14.2 Å². The van der Waals surface area contributed by atoms with Crippen molar-refractivity contribution in [3.8, 4) is 5.75 Å². The molecule has 1 aromatic heterocycles. The summed E-state index contributed by atoms with van der Waals surface area (Å²) in [4.78, 5) is 6.77. The van der Waals surface area contributed by atoms with Crippen LogP contribution in [0.5, 0.6) is 5.75 Å². The summed E-state index contributed by atoms with van der Waals surface area (Å²) in [5, 5.41) is -0.111. The van der Waals surface area contributed by atoms with Gasteiger partial charge in [-0.25, -0.2) is 4.98 Å². The van der Waals surface area contributed by atoms with Gasteiger partial charge >= 0.3 is 0 Å². The Hall–Kier alpha value is -1.26. The van der Waals surface area contributed by atoms with Gasteiger partial charge in [-0.3, -0.25) is 0 Å². The Labute approximate surface area is 118 Å². The molecule has 1 atom stereocenters. The predicted molar refractivity (Wildman–Crippen MR) is 79.1 cm³/mol. The molecule has 0 fully saturated rings. The normalized spacial score (nSPS) is 13.2. The molecule has 0 aliphatic carbocycles. The summed E-state index contributed by atoms with van der Waals surface area (Å²) in [6.07, 6.45) is 0. The number of aromatic nitrogens is 2. The molecule has 0 spiro atoms. The molecule has 0 aliphatic rings. The molecule has 0 bridgehead atoms. The van der Waals surface area contributed by atoms with Crippen molar-refractivity contribution in [2.24, 2.45) is 0 Å². The van der Waals surface area contributed by atoms with Gasteiger partial charge in [0.15, 0.2) is 0 Å². The van der Waals surface area contributed by atoms with Crippen LogP contribution in [-0.2, 0) is 6.54 Å². The number of benzene rings is 1. The molecule has 0 aliphatic heterocycles. The first kappa shape index (κ1) is 14.2. The second-order valence-electron chi connectivity index (χ2n) is 4.90. The van der Waals surface area contributed by atoms with Crippen molar-refractivity contribution in [2.45, 2.75) is 18.8 Å². The maximum absolute atomic E-state index is 6.24. The Morgan fingerprint density at radius 2 is 2.16 bits per heavy atom. The summed E-state index contributed by atoms with van der Waals surface area (Å²) in [5.41, 5.74) is 2.03. The van der Waals surface area contributed by atoms with Crippen LogP contribution >= 0.6 is 11.6 Å². The van der Waals surface area contributed by atoms with Gasteiger partial charge in [0.25, 0.3) is 0 Å². The average Bonchev–Trinajstić information content (AvgIpc) is 2.74. The number of rotatable bonds is 5. The van der Waals surface area contributed by atoms with Crippen LogP contribution in [0.15, 0.2) is 18.2 Å². The molecule has 1 aromatic carbocycles. The van der Waals surface area contributed by atoms with E-state index in [1.54, 1.807) is 7.11 Å². The second-order valence-corrected chi connectivity index (χ2v) is 5.55. The third-order valence-electron chi connectivity index (χ3n) is 3.11. The highest BCUT2D eigenvalue weighted by atomic mass is 35.5. The maximum atomic E-state index is 6.24. The number of hydrogen-bond acceptors (Lipinski definition) is 3. The molecule has 2 rings (SSSR count). The van der Waals surface area contributed by atoms with Crippen molar-refractivity contribution in [3.05, 3.63) is 24.0 Å². The summed E-state index contributed by atoms with van der Waals surface area (Å²) in [6, 6.07) is 5.91. The van der Waals surface area contributed by atoms with Gasteiger partial charge in [-0.05, 0) is 33.2 Å². The summed E-state index contributed by atoms with van der Waals surface area (Å²) in [7, 11) is 5.79. The molecular formula is C14H20ClN3O. The number of imidazole rings is 1. The zero-order chi connectivity index (χ0) is 14.0. The molecule has 19 heavy (non-hydrogen) atoms. The monoisotopic (exact) mass is 281 g/mol. The van der Waals surface area contributed by atoms with Crippen molar-refractivity contribution in [1.82, 2.24) is 14.5 Å². The minimum Gasteiger partial charge on any atom is -0.497 e. The van der Waals surface area contributed by atoms with Crippen LogP contribution in [0.4, 0.5) is 0 Å². The zero-order valence-corrected chi connectivity index (χ0v) is 12.6. The van der Waals surface area contributed by atoms with E-state index in [4.69, 9.17) is 16.3 Å². The lowest BCUT2D eigenvalue weighted by molar-refractivity contribution is 0.383. The van der Waals surface area contributed by atoms with E-state index >= 15 is 0 Å². The molecule has 0 radical (unpaired) electrons. The van der Waals surface area contributed by atoms with E-state index in [2.05, 4.69) is 28.5 Å². The SMILES string of the molecule is COc1ccc2nc(C(C)Cl)n(CCN(C)C)c2c1. The summed E-state index contributed by atoms with van der Waals surface area (Å²) < 4.78 is 7.46. The number of hydrogen-bond donors (Lipinski definition) is 0. The quantitative estimate of drug-likeness (QED) is 0.790. The summed E-state index contributed by atoms with van der Waals surface area (Å²) in [5.74, 6) is 1.75. The lowest BCUT2D eigenvalue weighted by Crippen LogP contribution is -2.19. The Morgan fingerprint density at radius 3 is 2.74 bits per heavy atom. The summed E-state index contributed by atoms with van der Waals surface area (Å²) >= 11 is 6.24. The molecule has 4 nitrogen and oxygen atoms in total. The van der Waals surface area contributed by atoms with E-state index in [0.717, 1.165) is 35.7 Å². The number of alkyl halides is 1. The minimum absolute atomic E-state index is 0.111. The number of nitrogens with zero attached hydrogens (tertiary/aromatic N) is 3. The van der Waals surface area contributed by atoms with Crippen LogP contribution in [0.1, 0.15) is 18.1 Å². The first-order valence-electron chi connectivity index (χ1n) is 6.36. The molecular weight excluding hydrogens is 262 g/mol. The smallest absolute Gasteiger partial charge is 0.127 e. The third-order valence-corrected chi connectivity index (χ3v) is 3.31. The Bertz CT molecular complexity index is 563. The van der Waals surface area contributed by atoms with Crippen LogP contribution in [0.3, 0.4) is 0 Å². The number of ether oxygens (including phenoxy) is 1. The molecule has 0 N–H and O–H groups in total. The number of fused-ring (bicyclic) bond motifs is 1. The molecule has 104 valence electrons. The highest BCUT2D eigenvalue weighted by molar-refractivity contribution is 6.20. The average molecular weight is 282 g/mol. The van der Waals surface area contributed by atoms with E-state index in [9.17, 15) is 0 Å². The van der Waals surface area contributed by atoms with E-state index in [1.165, 1.54) is 0 Å². The van der Waals surface area contributed by atoms with Crippen LogP contribution in [0.2, 0.25) is 0 Å². The lowest BCUT2D eigenvalue weighted by atomic mass is 10.3. The fraction of sp³-hybridized carbons (Fsp3) is 0.500. The zero-order valence-electron chi connectivity index (χ0n) is 11.9. The van der Waals surface area contributed by atoms with Gasteiger partial charge in [0.05, 0.1) is 23.5 Å². The molecule has 1 unspecified atom stereocenters.